The second kappa shape index (κ2) is 12.3. The predicted molar refractivity (Wildman–Crippen MR) is 200 cm³/mol. The van der Waals surface area contributed by atoms with Gasteiger partial charge in [0.1, 0.15) is 11.2 Å². The van der Waals surface area contributed by atoms with Crippen LogP contribution in [-0.4, -0.2) is 0 Å². The van der Waals surface area contributed by atoms with Gasteiger partial charge in [-0.3, -0.25) is 0 Å². The Morgan fingerprint density at radius 3 is 1.57 bits per heavy atom. The fraction of sp³-hybridized carbons (Fsp3) is 0.0222. The summed E-state index contributed by atoms with van der Waals surface area (Å²) in [5, 5.41) is 7.45. The number of rotatable bonds is 4. The molecule has 2 heteroatoms. The van der Waals surface area contributed by atoms with Crippen LogP contribution in [0.2, 0.25) is 0 Å². The van der Waals surface area contributed by atoms with Crippen molar-refractivity contribution in [2.24, 2.45) is 0 Å². The topological polar surface area (TPSA) is 16.4 Å². The van der Waals surface area contributed by atoms with Crippen molar-refractivity contribution in [1.82, 2.24) is 0 Å². The highest BCUT2D eigenvalue weighted by Gasteiger charge is 2.16. The van der Waals surface area contributed by atoms with Crippen LogP contribution in [0.1, 0.15) is 5.56 Å². The summed E-state index contributed by atoms with van der Waals surface area (Å²) in [6, 6.07) is 64.1. The van der Waals surface area contributed by atoms with Crippen molar-refractivity contribution < 1.29 is 4.42 Å². The molecule has 9 rings (SSSR count). The van der Waals surface area contributed by atoms with Gasteiger partial charge in [-0.1, -0.05) is 145 Å². The molecule has 0 saturated carbocycles. The Bertz CT molecular complexity index is 2410. The lowest BCUT2D eigenvalue weighted by Crippen LogP contribution is -2.10. The summed E-state index contributed by atoms with van der Waals surface area (Å²) in [6.07, 6.45) is 0. The molecule has 0 saturated heterocycles. The highest BCUT2D eigenvalue weighted by molar-refractivity contribution is 6.12. The van der Waals surface area contributed by atoms with Gasteiger partial charge in [0.15, 0.2) is 0 Å². The zero-order valence-electron chi connectivity index (χ0n) is 26.2. The van der Waals surface area contributed by atoms with Gasteiger partial charge in [-0.15, -0.1) is 0 Å². The van der Waals surface area contributed by atoms with Crippen molar-refractivity contribution in [1.29, 1.82) is 0 Å². The lowest BCUT2D eigenvalue weighted by molar-refractivity contribution is 0.669. The normalized spacial score (nSPS) is 11.1. The van der Waals surface area contributed by atoms with Crippen molar-refractivity contribution in [2.75, 3.05) is 4.90 Å². The molecule has 224 valence electrons. The molecule has 2 nitrogen and oxygen atoms in total. The van der Waals surface area contributed by atoms with E-state index in [2.05, 4.69) is 157 Å². The van der Waals surface area contributed by atoms with Crippen LogP contribution in [0.25, 0.3) is 54.6 Å². The minimum atomic E-state index is 0.962. The third-order valence-corrected chi connectivity index (χ3v) is 8.81. The fourth-order valence-corrected chi connectivity index (χ4v) is 6.45. The van der Waals surface area contributed by atoms with Gasteiger partial charge in [-0.05, 0) is 76.7 Å². The lowest BCUT2D eigenvalue weighted by atomic mass is 9.99. The molecular formula is C45H33NO. The van der Waals surface area contributed by atoms with Crippen molar-refractivity contribution in [3.05, 3.63) is 188 Å². The van der Waals surface area contributed by atoms with Gasteiger partial charge in [0.2, 0.25) is 0 Å². The minimum Gasteiger partial charge on any atom is -0.456 e. The number of fused-ring (bicyclic) bond motifs is 6. The Morgan fingerprint density at radius 2 is 0.894 bits per heavy atom. The molecule has 0 amide bonds. The SMILES string of the molecule is Cc1ccc(N(c2ccc(-c3ccccc3)cc2)c2cccc3c2ccc2ccccc23)cc1.c1ccc2c(c1)oc1ccccc12. The third-order valence-electron chi connectivity index (χ3n) is 8.81. The number of para-hydroxylation sites is 2. The Hall–Kier alpha value is -6.12. The average molecular weight is 604 g/mol. The Labute approximate surface area is 274 Å². The molecule has 0 radical (unpaired) electrons. The van der Waals surface area contributed by atoms with Crippen LogP contribution in [0.15, 0.2) is 186 Å². The molecule has 8 aromatic carbocycles. The molecule has 0 aliphatic rings. The molecule has 1 heterocycles. The molecular weight excluding hydrogens is 571 g/mol. The first kappa shape index (κ1) is 28.4. The number of furan rings is 1. The number of nitrogens with zero attached hydrogens (tertiary/aromatic N) is 1. The maximum Gasteiger partial charge on any atom is 0.135 e. The van der Waals surface area contributed by atoms with E-state index in [1.165, 1.54) is 54.7 Å². The maximum atomic E-state index is 5.65. The van der Waals surface area contributed by atoms with Crippen LogP contribution >= 0.6 is 0 Å². The summed E-state index contributed by atoms with van der Waals surface area (Å²) in [6.45, 7) is 2.13. The van der Waals surface area contributed by atoms with Crippen LogP contribution in [0.4, 0.5) is 17.1 Å². The van der Waals surface area contributed by atoms with Gasteiger partial charge in [0.25, 0.3) is 0 Å². The standard InChI is InChI=1S/C33H25N.C12H8O/c1-24-14-19-28(20-15-24)34(29-21-16-26(17-22-29)25-8-3-2-4-9-25)33-13-7-12-31-30-11-6-5-10-27(30)18-23-32(31)33;1-3-7-11-9(5-1)10-6-2-4-8-12(10)13-11/h2-23H,1H3;1-8H. The largest absolute Gasteiger partial charge is 0.456 e. The number of hydrogen-bond acceptors (Lipinski definition) is 2. The average Bonchev–Trinajstić information content (AvgIpc) is 3.52. The molecule has 47 heavy (non-hydrogen) atoms. The number of aryl methyl sites for hydroxylation is 1. The maximum absolute atomic E-state index is 5.65. The molecule has 0 aliphatic heterocycles. The lowest BCUT2D eigenvalue weighted by Gasteiger charge is -2.27. The quantitative estimate of drug-likeness (QED) is 0.186. The van der Waals surface area contributed by atoms with Crippen LogP contribution in [-0.2, 0) is 0 Å². The second-order valence-corrected chi connectivity index (χ2v) is 11.8. The first-order chi connectivity index (χ1) is 23.2. The van der Waals surface area contributed by atoms with Crippen molar-refractivity contribution in [2.45, 2.75) is 6.92 Å². The molecule has 0 aliphatic carbocycles. The van der Waals surface area contributed by atoms with Gasteiger partial charge < -0.3 is 9.32 Å². The smallest absolute Gasteiger partial charge is 0.135 e. The van der Waals surface area contributed by atoms with Crippen LogP contribution in [0, 0.1) is 6.92 Å². The van der Waals surface area contributed by atoms with E-state index in [-0.39, 0.29) is 0 Å². The summed E-state index contributed by atoms with van der Waals surface area (Å²) >= 11 is 0. The summed E-state index contributed by atoms with van der Waals surface area (Å²) in [5.41, 5.74) is 9.10. The fourth-order valence-electron chi connectivity index (χ4n) is 6.45. The van der Waals surface area contributed by atoms with E-state index in [9.17, 15) is 0 Å². The van der Waals surface area contributed by atoms with E-state index in [0.29, 0.717) is 0 Å². The van der Waals surface area contributed by atoms with Gasteiger partial charge >= 0.3 is 0 Å². The van der Waals surface area contributed by atoms with E-state index in [4.69, 9.17) is 4.42 Å². The summed E-state index contributed by atoms with van der Waals surface area (Å²) in [4.78, 5) is 2.37. The highest BCUT2D eigenvalue weighted by atomic mass is 16.3. The Morgan fingerprint density at radius 1 is 0.362 bits per heavy atom. The molecule has 0 unspecified atom stereocenters. The zero-order valence-corrected chi connectivity index (χ0v) is 26.2. The molecule has 0 N–H and O–H groups in total. The second-order valence-electron chi connectivity index (χ2n) is 11.8. The van der Waals surface area contributed by atoms with Gasteiger partial charge in [0, 0.05) is 27.5 Å². The van der Waals surface area contributed by atoms with Gasteiger partial charge in [0.05, 0.1) is 5.69 Å². The van der Waals surface area contributed by atoms with Gasteiger partial charge in [-0.25, -0.2) is 0 Å². The predicted octanol–water partition coefficient (Wildman–Crippen LogP) is 13.0. The molecule has 1 aromatic heterocycles. The van der Waals surface area contributed by atoms with E-state index in [1.807, 2.05) is 36.4 Å². The van der Waals surface area contributed by atoms with E-state index < -0.39 is 0 Å². The summed E-state index contributed by atoms with van der Waals surface area (Å²) in [7, 11) is 0. The van der Waals surface area contributed by atoms with E-state index in [0.717, 1.165) is 22.5 Å². The first-order valence-corrected chi connectivity index (χ1v) is 16.0. The van der Waals surface area contributed by atoms with Gasteiger partial charge in [-0.2, -0.15) is 0 Å². The number of anilines is 3. The van der Waals surface area contributed by atoms with Crippen LogP contribution in [0.3, 0.4) is 0 Å². The van der Waals surface area contributed by atoms with Crippen molar-refractivity contribution >= 4 is 60.5 Å². The Balaban J connectivity index is 0.000000206. The van der Waals surface area contributed by atoms with Crippen molar-refractivity contribution in [3.8, 4) is 11.1 Å². The number of benzene rings is 8. The summed E-state index contributed by atoms with van der Waals surface area (Å²) in [5.74, 6) is 0. The first-order valence-electron chi connectivity index (χ1n) is 16.0. The minimum absolute atomic E-state index is 0.962. The summed E-state index contributed by atoms with van der Waals surface area (Å²) < 4.78 is 5.65. The Kier molecular flexibility index (Phi) is 7.45. The molecule has 9 aromatic rings. The highest BCUT2D eigenvalue weighted by Crippen LogP contribution is 2.41. The molecule has 0 fully saturated rings. The van der Waals surface area contributed by atoms with Crippen LogP contribution < -0.4 is 4.90 Å². The molecule has 0 spiro atoms. The zero-order chi connectivity index (χ0) is 31.6. The number of hydrogen-bond donors (Lipinski definition) is 0. The monoisotopic (exact) mass is 603 g/mol. The molecule has 0 bridgehead atoms. The molecule has 0 atom stereocenters. The van der Waals surface area contributed by atoms with Crippen LogP contribution in [0.5, 0.6) is 0 Å². The van der Waals surface area contributed by atoms with Crippen molar-refractivity contribution in [3.63, 3.8) is 0 Å². The third kappa shape index (κ3) is 5.51. The van der Waals surface area contributed by atoms with E-state index in [1.54, 1.807) is 0 Å². The van der Waals surface area contributed by atoms with E-state index >= 15 is 0 Å².